The maximum Gasteiger partial charge on any atom is 0.350 e. The monoisotopic (exact) mass is 219 g/mol. The molecule has 80 valence electrons. The summed E-state index contributed by atoms with van der Waals surface area (Å²) in [4.78, 5) is 0. The third-order valence-corrected chi connectivity index (χ3v) is 2.25. The Labute approximate surface area is 75.1 Å². The van der Waals surface area contributed by atoms with E-state index in [9.17, 15) is 17.2 Å². The van der Waals surface area contributed by atoms with Gasteiger partial charge in [0.15, 0.2) is 6.29 Å². The minimum Gasteiger partial charge on any atom is -0.355 e. The SMILES string of the molecule is COC(CNS(=O)(=O)C(F)F)OC. The number of nitrogens with one attached hydrogen (secondary N) is 1. The molecule has 0 aliphatic heterocycles. The van der Waals surface area contributed by atoms with Crippen LogP contribution in [0.15, 0.2) is 0 Å². The van der Waals surface area contributed by atoms with Gasteiger partial charge in [-0.25, -0.2) is 13.1 Å². The molecule has 0 rings (SSSR count). The molecule has 0 saturated carbocycles. The van der Waals surface area contributed by atoms with Crippen molar-refractivity contribution in [2.45, 2.75) is 12.0 Å². The summed E-state index contributed by atoms with van der Waals surface area (Å²) in [6.45, 7) is -0.348. The largest absolute Gasteiger partial charge is 0.355 e. The quantitative estimate of drug-likeness (QED) is 0.625. The van der Waals surface area contributed by atoms with Gasteiger partial charge in [0.25, 0.3) is 10.0 Å². The molecule has 5 nitrogen and oxygen atoms in total. The molecule has 0 atom stereocenters. The van der Waals surface area contributed by atoms with Gasteiger partial charge >= 0.3 is 5.76 Å². The molecule has 0 unspecified atom stereocenters. The zero-order valence-corrected chi connectivity index (χ0v) is 7.98. The molecule has 0 aromatic carbocycles. The van der Waals surface area contributed by atoms with Gasteiger partial charge in [-0.05, 0) is 0 Å². The van der Waals surface area contributed by atoms with E-state index in [0.717, 1.165) is 0 Å². The zero-order chi connectivity index (χ0) is 10.5. The van der Waals surface area contributed by atoms with Crippen molar-refractivity contribution in [2.75, 3.05) is 20.8 Å². The molecular formula is C5H11F2NO4S. The Morgan fingerprint density at radius 3 is 2.08 bits per heavy atom. The zero-order valence-electron chi connectivity index (χ0n) is 7.16. The molecule has 0 aliphatic rings. The number of ether oxygens (including phenoxy) is 2. The van der Waals surface area contributed by atoms with Crippen LogP contribution in [0.4, 0.5) is 8.78 Å². The Kier molecular flexibility index (Phi) is 5.30. The van der Waals surface area contributed by atoms with Gasteiger partial charge in [0.1, 0.15) is 0 Å². The first-order chi connectivity index (χ1) is 5.94. The summed E-state index contributed by atoms with van der Waals surface area (Å²) in [6, 6.07) is 0. The third-order valence-electron chi connectivity index (χ3n) is 1.21. The van der Waals surface area contributed by atoms with Gasteiger partial charge in [-0.15, -0.1) is 0 Å². The van der Waals surface area contributed by atoms with E-state index in [4.69, 9.17) is 0 Å². The van der Waals surface area contributed by atoms with E-state index >= 15 is 0 Å². The number of sulfonamides is 1. The van der Waals surface area contributed by atoms with Crippen LogP contribution < -0.4 is 4.72 Å². The molecule has 8 heteroatoms. The van der Waals surface area contributed by atoms with Crippen LogP contribution >= 0.6 is 0 Å². The van der Waals surface area contributed by atoms with E-state index in [2.05, 4.69) is 9.47 Å². The van der Waals surface area contributed by atoms with Crippen LogP contribution in [0.1, 0.15) is 0 Å². The standard InChI is InChI=1S/C5H11F2NO4S/c1-11-4(12-2)3-8-13(9,10)5(6)7/h4-5,8H,3H2,1-2H3. The van der Waals surface area contributed by atoms with E-state index in [1.54, 1.807) is 4.72 Å². The summed E-state index contributed by atoms with van der Waals surface area (Å²) in [5.74, 6) is -3.44. The van der Waals surface area contributed by atoms with Crippen molar-refractivity contribution in [3.63, 3.8) is 0 Å². The van der Waals surface area contributed by atoms with Crippen molar-refractivity contribution in [3.05, 3.63) is 0 Å². The lowest BCUT2D eigenvalue weighted by Gasteiger charge is -2.13. The smallest absolute Gasteiger partial charge is 0.350 e. The Morgan fingerprint density at radius 2 is 1.77 bits per heavy atom. The highest BCUT2D eigenvalue weighted by Crippen LogP contribution is 2.01. The topological polar surface area (TPSA) is 64.6 Å². The number of alkyl halides is 2. The minimum absolute atomic E-state index is 0.348. The van der Waals surface area contributed by atoms with Crippen LogP contribution in [0.5, 0.6) is 0 Å². The maximum atomic E-state index is 11.7. The predicted molar refractivity (Wildman–Crippen MR) is 40.7 cm³/mol. The summed E-state index contributed by atoms with van der Waals surface area (Å²) < 4.78 is 55.3. The van der Waals surface area contributed by atoms with E-state index in [1.807, 2.05) is 0 Å². The van der Waals surface area contributed by atoms with E-state index in [-0.39, 0.29) is 6.54 Å². The molecule has 13 heavy (non-hydrogen) atoms. The first-order valence-corrected chi connectivity index (χ1v) is 4.81. The normalized spacial score (nSPS) is 12.8. The van der Waals surface area contributed by atoms with Crippen LogP contribution in [0, 0.1) is 0 Å². The highest BCUT2D eigenvalue weighted by molar-refractivity contribution is 7.89. The first kappa shape index (κ1) is 12.7. The molecule has 0 heterocycles. The van der Waals surface area contributed by atoms with Crippen LogP contribution in [-0.4, -0.2) is 41.2 Å². The van der Waals surface area contributed by atoms with Crippen molar-refractivity contribution in [1.82, 2.24) is 4.72 Å². The van der Waals surface area contributed by atoms with Gasteiger partial charge < -0.3 is 9.47 Å². The summed E-state index contributed by atoms with van der Waals surface area (Å²) in [7, 11) is -2.02. The third kappa shape index (κ3) is 4.46. The van der Waals surface area contributed by atoms with E-state index < -0.39 is 22.1 Å². The van der Waals surface area contributed by atoms with Crippen molar-refractivity contribution in [3.8, 4) is 0 Å². The molecule has 0 amide bonds. The second-order valence-electron chi connectivity index (χ2n) is 2.06. The van der Waals surface area contributed by atoms with Crippen LogP contribution in [0.2, 0.25) is 0 Å². The Bertz CT molecular complexity index is 227. The Balaban J connectivity index is 4.01. The molecule has 0 aromatic heterocycles. The fourth-order valence-corrected chi connectivity index (χ4v) is 1.00. The second kappa shape index (κ2) is 5.43. The lowest BCUT2D eigenvalue weighted by molar-refractivity contribution is -0.0961. The number of hydrogen-bond donors (Lipinski definition) is 1. The Hall–Kier alpha value is -0.310. The summed E-state index contributed by atoms with van der Waals surface area (Å²) >= 11 is 0. The molecule has 0 saturated heterocycles. The summed E-state index contributed by atoms with van der Waals surface area (Å²) in [5, 5.41) is 0. The molecule has 0 aromatic rings. The van der Waals surface area contributed by atoms with Crippen molar-refractivity contribution >= 4 is 10.0 Å². The fraction of sp³-hybridized carbons (Fsp3) is 1.00. The predicted octanol–water partition coefficient (Wildman–Crippen LogP) is -0.253. The number of halogens is 2. The first-order valence-electron chi connectivity index (χ1n) is 3.26. The molecule has 0 fully saturated rings. The van der Waals surface area contributed by atoms with Gasteiger partial charge in [0.2, 0.25) is 0 Å². The molecule has 0 radical (unpaired) electrons. The van der Waals surface area contributed by atoms with Crippen LogP contribution in [0.25, 0.3) is 0 Å². The lowest BCUT2D eigenvalue weighted by atomic mass is 10.6. The van der Waals surface area contributed by atoms with Gasteiger partial charge in [0, 0.05) is 14.2 Å². The summed E-state index contributed by atoms with van der Waals surface area (Å²) in [6.07, 6.45) is -0.867. The molecular weight excluding hydrogens is 208 g/mol. The molecule has 1 N–H and O–H groups in total. The highest BCUT2D eigenvalue weighted by atomic mass is 32.2. The van der Waals surface area contributed by atoms with E-state index in [1.165, 1.54) is 14.2 Å². The van der Waals surface area contributed by atoms with Gasteiger partial charge in [-0.1, -0.05) is 0 Å². The molecule has 0 spiro atoms. The van der Waals surface area contributed by atoms with Gasteiger partial charge in [0.05, 0.1) is 6.54 Å². The van der Waals surface area contributed by atoms with Crippen molar-refractivity contribution < 1.29 is 26.7 Å². The summed E-state index contributed by atoms with van der Waals surface area (Å²) in [5.41, 5.74) is 0. The van der Waals surface area contributed by atoms with Crippen molar-refractivity contribution in [1.29, 1.82) is 0 Å². The van der Waals surface area contributed by atoms with E-state index in [0.29, 0.717) is 0 Å². The average Bonchev–Trinajstić information content (AvgIpc) is 2.06. The molecule has 0 aliphatic carbocycles. The number of rotatable bonds is 6. The number of methoxy groups -OCH3 is 2. The van der Waals surface area contributed by atoms with Gasteiger partial charge in [-0.2, -0.15) is 8.78 Å². The van der Waals surface area contributed by atoms with Crippen LogP contribution in [-0.2, 0) is 19.5 Å². The maximum absolute atomic E-state index is 11.7. The number of hydrogen-bond acceptors (Lipinski definition) is 4. The Morgan fingerprint density at radius 1 is 1.31 bits per heavy atom. The minimum atomic E-state index is -4.56. The van der Waals surface area contributed by atoms with Gasteiger partial charge in [-0.3, -0.25) is 0 Å². The highest BCUT2D eigenvalue weighted by Gasteiger charge is 2.24. The van der Waals surface area contributed by atoms with Crippen molar-refractivity contribution in [2.24, 2.45) is 0 Å². The average molecular weight is 219 g/mol. The fourth-order valence-electron chi connectivity index (χ4n) is 0.510. The van der Waals surface area contributed by atoms with Crippen LogP contribution in [0.3, 0.4) is 0 Å². The second-order valence-corrected chi connectivity index (χ2v) is 3.79. The molecule has 0 bridgehead atoms. The lowest BCUT2D eigenvalue weighted by Crippen LogP contribution is -2.37.